The number of ether oxygens (including phenoxy) is 1. The number of ketones is 1. The molecule has 1 atom stereocenters. The largest absolute Gasteiger partial charge is 0.872 e. The number of likely N-dealkylation sites (tertiary alicyclic amines) is 1. The van der Waals surface area contributed by atoms with Crippen LogP contribution < -0.4 is 14.8 Å². The molecule has 0 saturated carbocycles. The number of furan rings is 1. The Morgan fingerprint density at radius 3 is 2.44 bits per heavy atom. The van der Waals surface area contributed by atoms with Gasteiger partial charge in [-0.25, -0.2) is 4.98 Å². The molecule has 1 aliphatic heterocycles. The van der Waals surface area contributed by atoms with Gasteiger partial charge in [-0.05, 0) is 53.4 Å². The number of H-pyrrole nitrogens is 1. The molecule has 2 aromatic heterocycles. The number of carbonyl (C=O) groups excluding carboxylic acids is 2. The van der Waals surface area contributed by atoms with E-state index in [4.69, 9.17) is 9.15 Å². The number of carbonyl (C=O) groups is 2. The van der Waals surface area contributed by atoms with Crippen molar-refractivity contribution in [1.82, 2.24) is 4.90 Å². The monoisotopic (exact) mass is 480 g/mol. The molecular formula is C29H24N2O5. The van der Waals surface area contributed by atoms with Crippen LogP contribution in [0.2, 0.25) is 0 Å². The summed E-state index contributed by atoms with van der Waals surface area (Å²) in [6.45, 7) is 2.50. The van der Waals surface area contributed by atoms with E-state index in [2.05, 4.69) is 4.98 Å². The minimum absolute atomic E-state index is 0.0727. The van der Waals surface area contributed by atoms with Gasteiger partial charge in [-0.3, -0.25) is 9.59 Å². The van der Waals surface area contributed by atoms with Crippen LogP contribution in [0.15, 0.2) is 101 Å². The van der Waals surface area contributed by atoms with E-state index in [-0.39, 0.29) is 12.1 Å². The molecule has 1 N–H and O–H groups in total. The molecule has 1 amide bonds. The van der Waals surface area contributed by atoms with Crippen LogP contribution in [0.3, 0.4) is 0 Å². The van der Waals surface area contributed by atoms with Crippen molar-refractivity contribution in [1.29, 1.82) is 0 Å². The first-order valence-corrected chi connectivity index (χ1v) is 11.6. The third-order valence-electron chi connectivity index (χ3n) is 6.27. The molecule has 2 aromatic carbocycles. The third-order valence-corrected chi connectivity index (χ3v) is 6.27. The Kier molecular flexibility index (Phi) is 6.36. The van der Waals surface area contributed by atoms with E-state index < -0.39 is 23.5 Å². The molecule has 5 rings (SSSR count). The van der Waals surface area contributed by atoms with Gasteiger partial charge in [0.25, 0.3) is 5.91 Å². The maximum atomic E-state index is 13.6. The molecule has 4 aromatic rings. The molecule has 180 valence electrons. The molecule has 1 unspecified atom stereocenters. The number of rotatable bonds is 7. The number of aryl methyl sites for hydroxylation is 1. The lowest BCUT2D eigenvalue weighted by Gasteiger charge is -2.26. The van der Waals surface area contributed by atoms with E-state index in [9.17, 15) is 14.7 Å². The van der Waals surface area contributed by atoms with Crippen molar-refractivity contribution in [3.63, 3.8) is 0 Å². The van der Waals surface area contributed by atoms with Gasteiger partial charge >= 0.3 is 0 Å². The summed E-state index contributed by atoms with van der Waals surface area (Å²) in [5.41, 5.74) is 3.09. The Balaban J connectivity index is 1.46. The van der Waals surface area contributed by atoms with Gasteiger partial charge in [0.05, 0.1) is 18.8 Å². The normalized spacial score (nSPS) is 16.9. The van der Waals surface area contributed by atoms with Crippen molar-refractivity contribution in [2.24, 2.45) is 0 Å². The van der Waals surface area contributed by atoms with E-state index in [0.717, 1.165) is 11.1 Å². The predicted molar refractivity (Wildman–Crippen MR) is 129 cm³/mol. The van der Waals surface area contributed by atoms with Crippen molar-refractivity contribution in [3.05, 3.63) is 125 Å². The molecular weight excluding hydrogens is 456 g/mol. The summed E-state index contributed by atoms with van der Waals surface area (Å²) in [6, 6.07) is 20.7. The summed E-state index contributed by atoms with van der Waals surface area (Å²) in [6.07, 6.45) is 4.88. The number of pyridine rings is 1. The number of benzene rings is 2. The zero-order valence-corrected chi connectivity index (χ0v) is 19.6. The van der Waals surface area contributed by atoms with E-state index in [0.29, 0.717) is 29.2 Å². The second kappa shape index (κ2) is 9.92. The molecule has 1 aliphatic rings. The van der Waals surface area contributed by atoms with E-state index >= 15 is 0 Å². The highest BCUT2D eigenvalue weighted by Crippen LogP contribution is 2.39. The van der Waals surface area contributed by atoms with Gasteiger partial charge in [0.2, 0.25) is 5.78 Å². The third kappa shape index (κ3) is 4.51. The number of Topliss-reactive ketones (excluding diaryl/α,β-unsaturated/α-hetero) is 1. The zero-order valence-electron chi connectivity index (χ0n) is 19.6. The second-order valence-corrected chi connectivity index (χ2v) is 8.56. The van der Waals surface area contributed by atoms with Gasteiger partial charge in [-0.1, -0.05) is 42.2 Å². The summed E-state index contributed by atoms with van der Waals surface area (Å²) >= 11 is 0. The molecule has 3 heterocycles. The quantitative estimate of drug-likeness (QED) is 0.229. The lowest BCUT2D eigenvalue weighted by Crippen LogP contribution is -2.29. The van der Waals surface area contributed by atoms with Crippen LogP contribution >= 0.6 is 0 Å². The van der Waals surface area contributed by atoms with E-state index in [1.165, 1.54) is 11.2 Å². The van der Waals surface area contributed by atoms with Crippen LogP contribution in [0.4, 0.5) is 0 Å². The van der Waals surface area contributed by atoms with Crippen LogP contribution in [-0.2, 0) is 22.7 Å². The summed E-state index contributed by atoms with van der Waals surface area (Å²) in [5, 5.41) is 13.6. The summed E-state index contributed by atoms with van der Waals surface area (Å²) in [7, 11) is 0. The van der Waals surface area contributed by atoms with Crippen molar-refractivity contribution >= 4 is 17.4 Å². The Morgan fingerprint density at radius 1 is 1.00 bits per heavy atom. The molecule has 36 heavy (non-hydrogen) atoms. The van der Waals surface area contributed by atoms with Gasteiger partial charge in [-0.15, -0.1) is 0 Å². The van der Waals surface area contributed by atoms with Crippen LogP contribution in [0.1, 0.15) is 34.1 Å². The maximum absolute atomic E-state index is 13.6. The number of aromatic nitrogens is 1. The fourth-order valence-electron chi connectivity index (χ4n) is 4.32. The highest BCUT2D eigenvalue weighted by Gasteiger charge is 2.44. The van der Waals surface area contributed by atoms with Crippen molar-refractivity contribution in [3.8, 4) is 5.75 Å². The average Bonchev–Trinajstić information content (AvgIpc) is 3.51. The molecule has 7 heteroatoms. The Labute approximate surface area is 208 Å². The van der Waals surface area contributed by atoms with Crippen molar-refractivity contribution in [2.45, 2.75) is 26.1 Å². The Hall–Kier alpha value is -4.65. The van der Waals surface area contributed by atoms with Crippen LogP contribution in [0.25, 0.3) is 5.76 Å². The molecule has 0 aliphatic carbocycles. The van der Waals surface area contributed by atoms with Crippen molar-refractivity contribution in [2.75, 3.05) is 0 Å². The lowest BCUT2D eigenvalue weighted by molar-refractivity contribution is -0.378. The predicted octanol–water partition coefficient (Wildman–Crippen LogP) is 3.41. The maximum Gasteiger partial charge on any atom is 0.295 e. The topological polar surface area (TPSA) is 97.0 Å². The van der Waals surface area contributed by atoms with Gasteiger partial charge in [0, 0.05) is 17.7 Å². The summed E-state index contributed by atoms with van der Waals surface area (Å²) < 4.78 is 11.3. The first-order valence-electron chi connectivity index (χ1n) is 11.6. The van der Waals surface area contributed by atoms with E-state index in [1.54, 1.807) is 60.9 Å². The van der Waals surface area contributed by atoms with Crippen LogP contribution in [0, 0.1) is 6.92 Å². The Morgan fingerprint density at radius 2 is 1.75 bits per heavy atom. The number of hydrogen-bond donors (Lipinski definition) is 0. The number of nitrogens with one attached hydrogen (secondary N) is 1. The van der Waals surface area contributed by atoms with Gasteiger partial charge in [-0.2, -0.15) is 0 Å². The number of hydrogen-bond acceptors (Lipinski definition) is 5. The number of amides is 1. The first-order chi connectivity index (χ1) is 17.5. The molecule has 0 radical (unpaired) electrons. The highest BCUT2D eigenvalue weighted by atomic mass is 16.5. The standard InChI is InChI=1S/C29H24N2O5/c1-19-5-2-3-6-22(19)18-36-23-10-8-21(9-11-23)27(32)25-26(20-12-14-30-15-13-20)31(29(34)28(25)33)17-24-7-4-16-35-24/h2-16,26,32H,17-18H2,1H3/b27-25+. The second-order valence-electron chi connectivity index (χ2n) is 8.56. The minimum atomic E-state index is -0.825. The molecule has 0 bridgehead atoms. The average molecular weight is 481 g/mol. The van der Waals surface area contributed by atoms with Crippen molar-refractivity contribution < 1.29 is 28.8 Å². The molecule has 0 spiro atoms. The van der Waals surface area contributed by atoms with Gasteiger partial charge in [0.1, 0.15) is 18.1 Å². The molecule has 7 nitrogen and oxygen atoms in total. The number of aromatic amines is 1. The first kappa shape index (κ1) is 23.1. The molecule has 1 saturated heterocycles. The smallest absolute Gasteiger partial charge is 0.295 e. The zero-order chi connectivity index (χ0) is 25.1. The molecule has 1 fully saturated rings. The SMILES string of the molecule is Cc1ccccc1COc1ccc(/C([O-])=C2\C(=O)C(=O)N(Cc3ccco3)C2c2cc[nH+]cc2)cc1. The van der Waals surface area contributed by atoms with Crippen LogP contribution in [-0.4, -0.2) is 16.6 Å². The summed E-state index contributed by atoms with van der Waals surface area (Å²) in [4.78, 5) is 30.4. The fraction of sp³-hybridized carbons (Fsp3) is 0.138. The van der Waals surface area contributed by atoms with E-state index in [1.807, 2.05) is 31.2 Å². The Bertz CT molecular complexity index is 1410. The summed E-state index contributed by atoms with van der Waals surface area (Å²) in [5.74, 6) is -0.899. The minimum Gasteiger partial charge on any atom is -0.872 e. The van der Waals surface area contributed by atoms with Gasteiger partial charge in [0.15, 0.2) is 12.4 Å². The van der Waals surface area contributed by atoms with Gasteiger partial charge < -0.3 is 19.2 Å². The number of nitrogens with zero attached hydrogens (tertiary/aromatic N) is 1. The van der Waals surface area contributed by atoms with Crippen LogP contribution in [0.5, 0.6) is 5.75 Å². The lowest BCUT2D eigenvalue weighted by atomic mass is 9.96. The fourth-order valence-corrected chi connectivity index (χ4v) is 4.32. The highest BCUT2D eigenvalue weighted by molar-refractivity contribution is 6.46.